The van der Waals surface area contributed by atoms with Crippen LogP contribution < -0.4 is 5.73 Å². The first-order valence-corrected chi connectivity index (χ1v) is 8.98. The summed E-state index contributed by atoms with van der Waals surface area (Å²) in [5.74, 6) is 1.22. The fourth-order valence-electron chi connectivity index (χ4n) is 3.49. The van der Waals surface area contributed by atoms with Gasteiger partial charge < -0.3 is 10.6 Å². The van der Waals surface area contributed by atoms with Crippen LogP contribution in [-0.4, -0.2) is 45.2 Å². The van der Waals surface area contributed by atoms with Gasteiger partial charge in [-0.2, -0.15) is 5.10 Å². The topological polar surface area (TPSA) is 77.0 Å². The van der Waals surface area contributed by atoms with Gasteiger partial charge in [0, 0.05) is 12.5 Å². The quantitative estimate of drug-likeness (QED) is 0.873. The molecule has 1 aliphatic heterocycles. The van der Waals surface area contributed by atoms with Crippen LogP contribution in [0.5, 0.6) is 0 Å². The minimum Gasteiger partial charge on any atom is -0.369 e. The van der Waals surface area contributed by atoms with E-state index in [9.17, 15) is 4.79 Å². The summed E-state index contributed by atoms with van der Waals surface area (Å²) in [5.41, 5.74) is 8.75. The summed E-state index contributed by atoms with van der Waals surface area (Å²) in [6.07, 6.45) is 2.61. The largest absolute Gasteiger partial charge is 0.369 e. The number of likely N-dealkylation sites (tertiary alicyclic amines) is 1. The molecule has 1 fully saturated rings. The number of nitrogens with two attached hydrogens (primary N) is 1. The van der Waals surface area contributed by atoms with Gasteiger partial charge in [0.05, 0.1) is 12.1 Å². The maximum absolute atomic E-state index is 11.3. The summed E-state index contributed by atoms with van der Waals surface area (Å²) in [6, 6.07) is 6.17. The third-order valence-electron chi connectivity index (χ3n) is 4.98. The first-order chi connectivity index (χ1) is 12.0. The fraction of sp³-hybridized carbons (Fsp3) is 0.526. The Labute approximate surface area is 149 Å². The van der Waals surface area contributed by atoms with Crippen molar-refractivity contribution in [2.45, 2.75) is 46.0 Å². The Morgan fingerprint density at radius 1 is 1.28 bits per heavy atom. The second-order valence-corrected chi connectivity index (χ2v) is 7.07. The maximum Gasteiger partial charge on any atom is 0.225 e. The molecule has 0 spiro atoms. The Kier molecular flexibility index (Phi) is 5.18. The van der Waals surface area contributed by atoms with Crippen molar-refractivity contribution in [1.29, 1.82) is 0 Å². The number of hydrogen-bond acceptors (Lipinski definition) is 4. The molecular formula is C19H27N5O. The monoisotopic (exact) mass is 341 g/mol. The Morgan fingerprint density at radius 3 is 2.68 bits per heavy atom. The lowest BCUT2D eigenvalue weighted by Gasteiger charge is -2.20. The third kappa shape index (κ3) is 3.90. The highest BCUT2D eigenvalue weighted by Gasteiger charge is 2.23. The molecule has 1 unspecified atom stereocenters. The highest BCUT2D eigenvalue weighted by molar-refractivity contribution is 5.75. The molecule has 25 heavy (non-hydrogen) atoms. The van der Waals surface area contributed by atoms with Crippen LogP contribution in [0, 0.1) is 13.8 Å². The molecule has 6 heteroatoms. The number of carbonyl (C=O) groups excluding carboxylic acids is 1. The minimum absolute atomic E-state index is 0.0707. The van der Waals surface area contributed by atoms with E-state index in [1.807, 2.05) is 10.7 Å². The summed E-state index contributed by atoms with van der Waals surface area (Å²) >= 11 is 0. The van der Waals surface area contributed by atoms with Gasteiger partial charge in [0.2, 0.25) is 5.91 Å². The van der Waals surface area contributed by atoms with E-state index in [-0.39, 0.29) is 12.3 Å². The van der Waals surface area contributed by atoms with E-state index in [1.54, 1.807) is 0 Å². The number of amides is 1. The lowest BCUT2D eigenvalue weighted by atomic mass is 10.1. The average Bonchev–Trinajstić information content (AvgIpc) is 3.19. The number of benzene rings is 1. The lowest BCUT2D eigenvalue weighted by molar-refractivity contribution is -0.117. The van der Waals surface area contributed by atoms with Crippen molar-refractivity contribution >= 4 is 5.91 Å². The van der Waals surface area contributed by atoms with Gasteiger partial charge in [0.15, 0.2) is 5.82 Å². The van der Waals surface area contributed by atoms with E-state index < -0.39 is 5.91 Å². The maximum atomic E-state index is 11.3. The molecule has 2 heterocycles. The van der Waals surface area contributed by atoms with Gasteiger partial charge in [-0.1, -0.05) is 19.1 Å². The predicted octanol–water partition coefficient (Wildman–Crippen LogP) is 2.11. The Bertz CT molecular complexity index is 761. The Hall–Kier alpha value is -2.21. The number of hydrogen-bond donors (Lipinski definition) is 1. The standard InChI is InChI=1S/C19H27N5O/c1-13-7-6-8-16(15(13)3)24-19(21-18(22-24)11-17(20)25)14(2)12-23-9-4-5-10-23/h6-8,14H,4-5,9-12H2,1-3H3,(H2,20,25). The van der Waals surface area contributed by atoms with Crippen LogP contribution in [0.2, 0.25) is 0 Å². The Balaban J connectivity index is 1.98. The molecule has 134 valence electrons. The van der Waals surface area contributed by atoms with E-state index in [4.69, 9.17) is 5.73 Å². The molecule has 0 saturated carbocycles. The summed E-state index contributed by atoms with van der Waals surface area (Å²) in [5, 5.41) is 4.60. The van der Waals surface area contributed by atoms with Crippen LogP contribution in [0.1, 0.15) is 48.5 Å². The van der Waals surface area contributed by atoms with Crippen LogP contribution >= 0.6 is 0 Å². The van der Waals surface area contributed by atoms with Crippen molar-refractivity contribution in [3.05, 3.63) is 41.0 Å². The molecule has 3 rings (SSSR count). The van der Waals surface area contributed by atoms with Crippen LogP contribution in [-0.2, 0) is 11.2 Å². The zero-order valence-electron chi connectivity index (χ0n) is 15.3. The molecule has 1 aliphatic rings. The van der Waals surface area contributed by atoms with Crippen LogP contribution in [0.25, 0.3) is 5.69 Å². The molecule has 1 saturated heterocycles. The van der Waals surface area contributed by atoms with E-state index in [0.717, 1.165) is 31.1 Å². The van der Waals surface area contributed by atoms with Crippen molar-refractivity contribution in [3.63, 3.8) is 0 Å². The van der Waals surface area contributed by atoms with Gasteiger partial charge in [0.1, 0.15) is 5.82 Å². The van der Waals surface area contributed by atoms with Gasteiger partial charge in [-0.3, -0.25) is 4.79 Å². The summed E-state index contributed by atoms with van der Waals surface area (Å²) in [6.45, 7) is 9.62. The summed E-state index contributed by atoms with van der Waals surface area (Å²) in [4.78, 5) is 18.5. The number of aromatic nitrogens is 3. The van der Waals surface area contributed by atoms with Crippen molar-refractivity contribution < 1.29 is 4.79 Å². The van der Waals surface area contributed by atoms with Crippen molar-refractivity contribution in [1.82, 2.24) is 19.7 Å². The van der Waals surface area contributed by atoms with Gasteiger partial charge in [0.25, 0.3) is 0 Å². The van der Waals surface area contributed by atoms with Crippen LogP contribution in [0.4, 0.5) is 0 Å². The second-order valence-electron chi connectivity index (χ2n) is 7.07. The van der Waals surface area contributed by atoms with E-state index in [2.05, 4.69) is 47.9 Å². The lowest BCUT2D eigenvalue weighted by Crippen LogP contribution is -2.26. The Morgan fingerprint density at radius 2 is 2.00 bits per heavy atom. The SMILES string of the molecule is Cc1cccc(-n2nc(CC(N)=O)nc2C(C)CN2CCCC2)c1C. The molecule has 0 bridgehead atoms. The normalized spacial score (nSPS) is 16.3. The highest BCUT2D eigenvalue weighted by atomic mass is 16.1. The van der Waals surface area contributed by atoms with Crippen molar-refractivity contribution in [3.8, 4) is 5.69 Å². The zero-order chi connectivity index (χ0) is 18.0. The number of carbonyl (C=O) groups is 1. The fourth-order valence-corrected chi connectivity index (χ4v) is 3.49. The second kappa shape index (κ2) is 7.35. The first kappa shape index (κ1) is 17.6. The van der Waals surface area contributed by atoms with Gasteiger partial charge >= 0.3 is 0 Å². The minimum atomic E-state index is -0.406. The van der Waals surface area contributed by atoms with Gasteiger partial charge in [-0.15, -0.1) is 0 Å². The molecule has 2 aromatic rings. The number of rotatable bonds is 6. The van der Waals surface area contributed by atoms with Gasteiger partial charge in [-0.25, -0.2) is 9.67 Å². The molecule has 0 radical (unpaired) electrons. The molecule has 0 aliphatic carbocycles. The van der Waals surface area contributed by atoms with E-state index >= 15 is 0 Å². The van der Waals surface area contributed by atoms with Crippen molar-refractivity contribution in [2.24, 2.45) is 5.73 Å². The average molecular weight is 341 g/mol. The van der Waals surface area contributed by atoms with E-state index in [0.29, 0.717) is 5.82 Å². The number of nitrogens with zero attached hydrogens (tertiary/aromatic N) is 4. The summed E-state index contributed by atoms with van der Waals surface area (Å²) in [7, 11) is 0. The van der Waals surface area contributed by atoms with Gasteiger partial charge in [-0.05, 0) is 57.0 Å². The molecule has 1 aromatic heterocycles. The molecule has 6 nitrogen and oxygen atoms in total. The first-order valence-electron chi connectivity index (χ1n) is 8.98. The van der Waals surface area contributed by atoms with Crippen LogP contribution in [0.3, 0.4) is 0 Å². The van der Waals surface area contributed by atoms with Crippen LogP contribution in [0.15, 0.2) is 18.2 Å². The molecule has 1 amide bonds. The highest BCUT2D eigenvalue weighted by Crippen LogP contribution is 2.24. The zero-order valence-corrected chi connectivity index (χ0v) is 15.3. The van der Waals surface area contributed by atoms with E-state index in [1.165, 1.54) is 24.0 Å². The molecule has 2 N–H and O–H groups in total. The number of primary amides is 1. The third-order valence-corrected chi connectivity index (χ3v) is 4.98. The molecule has 1 aromatic carbocycles. The number of aryl methyl sites for hydroxylation is 1. The van der Waals surface area contributed by atoms with Crippen molar-refractivity contribution in [2.75, 3.05) is 19.6 Å². The molecule has 1 atom stereocenters. The predicted molar refractivity (Wildman–Crippen MR) is 97.8 cm³/mol. The summed E-state index contributed by atoms with van der Waals surface area (Å²) < 4.78 is 1.90. The molecular weight excluding hydrogens is 314 g/mol. The smallest absolute Gasteiger partial charge is 0.225 e.